The molecular weight excluding hydrogens is 250 g/mol. The first-order valence-electron chi connectivity index (χ1n) is 6.73. The molecule has 4 nitrogen and oxygen atoms in total. The van der Waals surface area contributed by atoms with E-state index in [0.29, 0.717) is 18.2 Å². The van der Waals surface area contributed by atoms with E-state index in [4.69, 9.17) is 0 Å². The summed E-state index contributed by atoms with van der Waals surface area (Å²) in [7, 11) is 0. The van der Waals surface area contributed by atoms with Gasteiger partial charge in [-0.2, -0.15) is 5.10 Å². The molecule has 1 aromatic carbocycles. The molecule has 0 aliphatic rings. The zero-order valence-electron chi connectivity index (χ0n) is 12.1. The number of hydrogen-bond donors (Lipinski definition) is 1. The highest BCUT2D eigenvalue weighted by molar-refractivity contribution is 5.91. The molecule has 0 aliphatic carbocycles. The largest absolute Gasteiger partial charge is 0.347 e. The maximum Gasteiger partial charge on any atom is 0.272 e. The topological polar surface area (TPSA) is 54.9 Å². The second kappa shape index (κ2) is 6.28. The number of aromatic nitrogens is 2. The van der Waals surface area contributed by atoms with E-state index in [-0.39, 0.29) is 5.91 Å². The second-order valence-corrected chi connectivity index (χ2v) is 5.17. The minimum Gasteiger partial charge on any atom is -0.347 e. The SMILES string of the molecule is Cc1cccc(CNC(=O)c2ccc(C(C)C)nn2)c1. The maximum atomic E-state index is 12.0. The van der Waals surface area contributed by atoms with E-state index >= 15 is 0 Å². The zero-order chi connectivity index (χ0) is 14.5. The standard InChI is InChI=1S/C16H19N3O/c1-11(2)14-7-8-15(19-18-14)16(20)17-10-13-6-4-5-12(3)9-13/h4-9,11H,10H2,1-3H3,(H,17,20). The lowest BCUT2D eigenvalue weighted by atomic mass is 10.1. The lowest BCUT2D eigenvalue weighted by Gasteiger charge is -2.06. The molecule has 2 aromatic rings. The van der Waals surface area contributed by atoms with Gasteiger partial charge in [0, 0.05) is 6.54 Å². The van der Waals surface area contributed by atoms with E-state index < -0.39 is 0 Å². The van der Waals surface area contributed by atoms with Gasteiger partial charge in [-0.3, -0.25) is 4.79 Å². The van der Waals surface area contributed by atoms with Crippen LogP contribution in [0.15, 0.2) is 36.4 Å². The minimum atomic E-state index is -0.200. The highest BCUT2D eigenvalue weighted by Crippen LogP contribution is 2.09. The summed E-state index contributed by atoms with van der Waals surface area (Å²) in [5.41, 5.74) is 3.49. The van der Waals surface area contributed by atoms with Crippen LogP contribution in [-0.4, -0.2) is 16.1 Å². The van der Waals surface area contributed by atoms with Crippen molar-refractivity contribution < 1.29 is 4.79 Å². The Bertz CT molecular complexity index is 591. The summed E-state index contributed by atoms with van der Waals surface area (Å²) >= 11 is 0. The molecule has 0 saturated heterocycles. The number of hydrogen-bond acceptors (Lipinski definition) is 3. The third-order valence-corrected chi connectivity index (χ3v) is 3.04. The maximum absolute atomic E-state index is 12.0. The molecule has 20 heavy (non-hydrogen) atoms. The molecule has 1 aromatic heterocycles. The highest BCUT2D eigenvalue weighted by atomic mass is 16.1. The van der Waals surface area contributed by atoms with E-state index in [9.17, 15) is 4.79 Å². The van der Waals surface area contributed by atoms with E-state index in [1.807, 2.05) is 51.1 Å². The van der Waals surface area contributed by atoms with Gasteiger partial charge in [0.25, 0.3) is 5.91 Å². The molecule has 0 saturated carbocycles. The van der Waals surface area contributed by atoms with Gasteiger partial charge in [0.1, 0.15) is 0 Å². The van der Waals surface area contributed by atoms with Crippen molar-refractivity contribution in [2.45, 2.75) is 33.2 Å². The smallest absolute Gasteiger partial charge is 0.272 e. The van der Waals surface area contributed by atoms with Gasteiger partial charge in [0.05, 0.1) is 5.69 Å². The third kappa shape index (κ3) is 3.63. The molecule has 104 valence electrons. The summed E-state index contributed by atoms with van der Waals surface area (Å²) in [4.78, 5) is 12.0. The molecule has 0 atom stereocenters. The number of nitrogens with one attached hydrogen (secondary N) is 1. The van der Waals surface area contributed by atoms with Gasteiger partial charge in [-0.25, -0.2) is 0 Å². The molecule has 1 heterocycles. The Morgan fingerprint density at radius 3 is 2.60 bits per heavy atom. The van der Waals surface area contributed by atoms with Gasteiger partial charge in [-0.15, -0.1) is 5.10 Å². The van der Waals surface area contributed by atoms with Crippen molar-refractivity contribution >= 4 is 5.91 Å². The molecule has 0 bridgehead atoms. The average molecular weight is 269 g/mol. The lowest BCUT2D eigenvalue weighted by Crippen LogP contribution is -2.24. The van der Waals surface area contributed by atoms with Crippen molar-refractivity contribution in [2.24, 2.45) is 0 Å². The van der Waals surface area contributed by atoms with Gasteiger partial charge in [0.2, 0.25) is 0 Å². The summed E-state index contributed by atoms with van der Waals surface area (Å²) < 4.78 is 0. The van der Waals surface area contributed by atoms with Gasteiger partial charge in [-0.1, -0.05) is 43.7 Å². The number of carbonyl (C=O) groups excluding carboxylic acids is 1. The molecular formula is C16H19N3O. The van der Waals surface area contributed by atoms with Crippen LogP contribution in [-0.2, 0) is 6.54 Å². The fourth-order valence-electron chi connectivity index (χ4n) is 1.87. The van der Waals surface area contributed by atoms with Crippen LogP contribution in [0.4, 0.5) is 0 Å². The molecule has 0 radical (unpaired) electrons. The molecule has 2 rings (SSSR count). The van der Waals surface area contributed by atoms with Gasteiger partial charge < -0.3 is 5.32 Å². The van der Waals surface area contributed by atoms with Crippen molar-refractivity contribution in [1.29, 1.82) is 0 Å². The van der Waals surface area contributed by atoms with Crippen LogP contribution in [0.3, 0.4) is 0 Å². The Hall–Kier alpha value is -2.23. The Morgan fingerprint density at radius 1 is 1.20 bits per heavy atom. The van der Waals surface area contributed by atoms with Gasteiger partial charge in [0.15, 0.2) is 5.69 Å². The second-order valence-electron chi connectivity index (χ2n) is 5.17. The molecule has 0 fully saturated rings. The Balaban J connectivity index is 1.98. The number of nitrogens with zero attached hydrogens (tertiary/aromatic N) is 2. The van der Waals surface area contributed by atoms with Crippen LogP contribution in [0.1, 0.15) is 47.1 Å². The minimum absolute atomic E-state index is 0.200. The number of aryl methyl sites for hydroxylation is 1. The van der Waals surface area contributed by atoms with E-state index in [0.717, 1.165) is 11.3 Å². The van der Waals surface area contributed by atoms with Crippen molar-refractivity contribution in [2.75, 3.05) is 0 Å². The number of carbonyl (C=O) groups is 1. The quantitative estimate of drug-likeness (QED) is 0.928. The van der Waals surface area contributed by atoms with Crippen molar-refractivity contribution in [3.05, 3.63) is 58.9 Å². The molecule has 1 N–H and O–H groups in total. The Morgan fingerprint density at radius 2 is 2.00 bits per heavy atom. The Kier molecular flexibility index (Phi) is 4.45. The van der Waals surface area contributed by atoms with E-state index in [1.165, 1.54) is 5.56 Å². The van der Waals surface area contributed by atoms with Crippen molar-refractivity contribution in [3.8, 4) is 0 Å². The molecule has 0 spiro atoms. The van der Waals surface area contributed by atoms with Crippen LogP contribution >= 0.6 is 0 Å². The first kappa shape index (κ1) is 14.2. The fraction of sp³-hybridized carbons (Fsp3) is 0.312. The van der Waals surface area contributed by atoms with Crippen LogP contribution in [0, 0.1) is 6.92 Å². The summed E-state index contributed by atoms with van der Waals surface area (Å²) in [6.45, 7) is 6.61. The fourth-order valence-corrected chi connectivity index (χ4v) is 1.87. The molecule has 1 amide bonds. The first-order valence-corrected chi connectivity index (χ1v) is 6.73. The molecule has 0 aliphatic heterocycles. The van der Waals surface area contributed by atoms with Crippen LogP contribution < -0.4 is 5.32 Å². The normalized spacial score (nSPS) is 10.6. The number of amides is 1. The van der Waals surface area contributed by atoms with Crippen LogP contribution in [0.2, 0.25) is 0 Å². The monoisotopic (exact) mass is 269 g/mol. The van der Waals surface area contributed by atoms with Gasteiger partial charge in [-0.05, 0) is 30.5 Å². The van der Waals surface area contributed by atoms with Crippen molar-refractivity contribution in [3.63, 3.8) is 0 Å². The number of rotatable bonds is 4. The predicted octanol–water partition coefficient (Wildman–Crippen LogP) is 2.84. The van der Waals surface area contributed by atoms with E-state index in [2.05, 4.69) is 15.5 Å². The molecule has 0 unspecified atom stereocenters. The third-order valence-electron chi connectivity index (χ3n) is 3.04. The van der Waals surface area contributed by atoms with Crippen LogP contribution in [0.5, 0.6) is 0 Å². The zero-order valence-corrected chi connectivity index (χ0v) is 12.1. The van der Waals surface area contributed by atoms with E-state index in [1.54, 1.807) is 6.07 Å². The molecule has 4 heteroatoms. The lowest BCUT2D eigenvalue weighted by molar-refractivity contribution is 0.0944. The number of benzene rings is 1. The predicted molar refractivity (Wildman–Crippen MR) is 78.5 cm³/mol. The van der Waals surface area contributed by atoms with Crippen molar-refractivity contribution in [1.82, 2.24) is 15.5 Å². The summed E-state index contributed by atoms with van der Waals surface area (Å²) in [5, 5.41) is 10.9. The van der Waals surface area contributed by atoms with Gasteiger partial charge >= 0.3 is 0 Å². The summed E-state index contributed by atoms with van der Waals surface area (Å²) in [6.07, 6.45) is 0. The van der Waals surface area contributed by atoms with Crippen LogP contribution in [0.25, 0.3) is 0 Å². The summed E-state index contributed by atoms with van der Waals surface area (Å²) in [6, 6.07) is 11.6. The first-order chi connectivity index (χ1) is 9.56. The summed E-state index contributed by atoms with van der Waals surface area (Å²) in [5.74, 6) is 0.112. The average Bonchev–Trinajstić information content (AvgIpc) is 2.45. The highest BCUT2D eigenvalue weighted by Gasteiger charge is 2.09. The Labute approximate surface area is 119 Å².